The summed E-state index contributed by atoms with van der Waals surface area (Å²) in [5.74, 6) is 6.44. The molecule has 1 spiro atoms. The Morgan fingerprint density at radius 1 is 1.52 bits per heavy atom. The molecule has 0 bridgehead atoms. The van der Waals surface area contributed by atoms with Crippen LogP contribution in [0.4, 0.5) is 0 Å². The highest BCUT2D eigenvalue weighted by molar-refractivity contribution is 5.16. The Morgan fingerprint density at radius 2 is 2.29 bits per heavy atom. The van der Waals surface area contributed by atoms with E-state index in [0.29, 0.717) is 5.92 Å². The van der Waals surface area contributed by atoms with Crippen molar-refractivity contribution in [3.05, 3.63) is 17.5 Å². The second-order valence-corrected chi connectivity index (χ2v) is 6.67. The second kappa shape index (κ2) is 6.07. The van der Waals surface area contributed by atoms with Gasteiger partial charge in [0, 0.05) is 13.7 Å². The average molecular weight is 292 g/mol. The topological polar surface area (TPSA) is 65.1 Å². The van der Waals surface area contributed by atoms with Gasteiger partial charge in [0.25, 0.3) is 0 Å². The fourth-order valence-corrected chi connectivity index (χ4v) is 4.19. The predicted octanol–water partition coefficient (Wildman–Crippen LogP) is 2.23. The van der Waals surface area contributed by atoms with Gasteiger partial charge in [-0.1, -0.05) is 19.8 Å². The molecule has 3 rings (SSSR count). The molecule has 5 nitrogen and oxygen atoms in total. The van der Waals surface area contributed by atoms with Crippen molar-refractivity contribution in [1.29, 1.82) is 0 Å². The van der Waals surface area contributed by atoms with Crippen LogP contribution in [0.15, 0.2) is 6.07 Å². The largest absolute Gasteiger partial charge is 0.375 e. The Kier molecular flexibility index (Phi) is 4.33. The molecule has 3 N–H and O–H groups in total. The number of rotatable bonds is 4. The maximum atomic E-state index is 6.15. The van der Waals surface area contributed by atoms with Crippen LogP contribution in [0.5, 0.6) is 0 Å². The van der Waals surface area contributed by atoms with Crippen molar-refractivity contribution < 1.29 is 4.74 Å². The first-order valence-electron chi connectivity index (χ1n) is 8.30. The number of aromatic nitrogens is 2. The molecule has 2 fully saturated rings. The second-order valence-electron chi connectivity index (χ2n) is 6.67. The third-order valence-electron chi connectivity index (χ3n) is 5.34. The maximum Gasteiger partial charge on any atom is 0.0686 e. The van der Waals surface area contributed by atoms with E-state index < -0.39 is 0 Å². The average Bonchev–Trinajstić information content (AvgIpc) is 3.08. The minimum absolute atomic E-state index is 0.129. The van der Waals surface area contributed by atoms with Crippen LogP contribution in [0, 0.1) is 5.92 Å². The number of aryl methyl sites for hydroxylation is 2. The van der Waals surface area contributed by atoms with E-state index in [0.717, 1.165) is 31.6 Å². The molecule has 118 valence electrons. The highest BCUT2D eigenvalue weighted by atomic mass is 16.5. The van der Waals surface area contributed by atoms with Crippen LogP contribution in [0.2, 0.25) is 0 Å². The Morgan fingerprint density at radius 3 is 2.90 bits per heavy atom. The number of hydrogen-bond donors (Lipinski definition) is 2. The minimum atomic E-state index is 0.129. The Balaban J connectivity index is 1.80. The van der Waals surface area contributed by atoms with E-state index in [4.69, 9.17) is 10.6 Å². The molecule has 0 amide bonds. The lowest BCUT2D eigenvalue weighted by Gasteiger charge is -2.41. The molecule has 0 radical (unpaired) electrons. The first kappa shape index (κ1) is 15.0. The molecule has 1 saturated carbocycles. The normalized spacial score (nSPS) is 26.3. The zero-order chi connectivity index (χ0) is 14.9. The monoisotopic (exact) mass is 292 g/mol. The Bertz CT molecular complexity index is 479. The molecule has 0 aromatic carbocycles. The molecule has 1 aromatic rings. The first-order valence-corrected chi connectivity index (χ1v) is 8.30. The molecular weight excluding hydrogens is 264 g/mol. The van der Waals surface area contributed by atoms with Crippen molar-refractivity contribution in [2.24, 2.45) is 18.8 Å². The molecule has 2 heterocycles. The zero-order valence-electron chi connectivity index (χ0n) is 13.3. The van der Waals surface area contributed by atoms with E-state index in [1.54, 1.807) is 0 Å². The van der Waals surface area contributed by atoms with Crippen LogP contribution in [-0.2, 0) is 18.2 Å². The van der Waals surface area contributed by atoms with Crippen LogP contribution in [0.3, 0.4) is 0 Å². The highest BCUT2D eigenvalue weighted by Gasteiger charge is 2.42. The number of nitrogens with two attached hydrogens (primary N) is 1. The lowest BCUT2D eigenvalue weighted by molar-refractivity contribution is -0.0985. The molecule has 2 atom stereocenters. The maximum absolute atomic E-state index is 6.15. The van der Waals surface area contributed by atoms with Crippen molar-refractivity contribution >= 4 is 0 Å². The molecule has 5 heteroatoms. The zero-order valence-corrected chi connectivity index (χ0v) is 13.3. The van der Waals surface area contributed by atoms with Crippen LogP contribution in [0.1, 0.15) is 62.9 Å². The van der Waals surface area contributed by atoms with Gasteiger partial charge in [-0.3, -0.25) is 16.0 Å². The van der Waals surface area contributed by atoms with E-state index in [9.17, 15) is 0 Å². The summed E-state index contributed by atoms with van der Waals surface area (Å²) in [7, 11) is 2.02. The van der Waals surface area contributed by atoms with Crippen molar-refractivity contribution in [1.82, 2.24) is 15.2 Å². The number of hydrogen-bond acceptors (Lipinski definition) is 4. The number of nitrogens with one attached hydrogen (secondary N) is 1. The molecule has 21 heavy (non-hydrogen) atoms. The molecule has 2 aliphatic rings. The fourth-order valence-electron chi connectivity index (χ4n) is 4.19. The fraction of sp³-hybridized carbons (Fsp3) is 0.812. The van der Waals surface area contributed by atoms with Crippen LogP contribution < -0.4 is 11.3 Å². The first-order chi connectivity index (χ1) is 10.2. The standard InChI is InChI=1S/C16H28N4O/c1-3-13-10-14(20(2)19-13)15(18-17)12-6-9-21-16(11-12)7-4-5-8-16/h10,12,15,18H,3-9,11,17H2,1-2H3. The molecule has 1 aliphatic carbocycles. The van der Waals surface area contributed by atoms with Crippen molar-refractivity contribution in [2.75, 3.05) is 6.61 Å². The summed E-state index contributed by atoms with van der Waals surface area (Å²) in [6.45, 7) is 3.00. The van der Waals surface area contributed by atoms with E-state index in [1.807, 2.05) is 11.7 Å². The SMILES string of the molecule is CCc1cc(C(NN)C2CCOC3(CCCC3)C2)n(C)n1. The lowest BCUT2D eigenvalue weighted by atomic mass is 9.80. The summed E-state index contributed by atoms with van der Waals surface area (Å²) >= 11 is 0. The number of nitrogens with zero attached hydrogens (tertiary/aromatic N) is 2. The van der Waals surface area contributed by atoms with E-state index in [1.165, 1.54) is 31.4 Å². The van der Waals surface area contributed by atoms with Crippen molar-refractivity contribution in [3.8, 4) is 0 Å². The van der Waals surface area contributed by atoms with Crippen LogP contribution in [-0.4, -0.2) is 22.0 Å². The van der Waals surface area contributed by atoms with Crippen LogP contribution >= 0.6 is 0 Å². The number of ether oxygens (including phenoxy) is 1. The van der Waals surface area contributed by atoms with E-state index in [-0.39, 0.29) is 11.6 Å². The summed E-state index contributed by atoms with van der Waals surface area (Å²) in [4.78, 5) is 0. The van der Waals surface area contributed by atoms with Gasteiger partial charge in [0.15, 0.2) is 0 Å². The van der Waals surface area contributed by atoms with Gasteiger partial charge in [-0.15, -0.1) is 0 Å². The van der Waals surface area contributed by atoms with Gasteiger partial charge < -0.3 is 4.74 Å². The minimum Gasteiger partial charge on any atom is -0.375 e. The van der Waals surface area contributed by atoms with Crippen LogP contribution in [0.25, 0.3) is 0 Å². The van der Waals surface area contributed by atoms with Gasteiger partial charge in [0.05, 0.1) is 23.0 Å². The van der Waals surface area contributed by atoms with Gasteiger partial charge in [0.1, 0.15) is 0 Å². The Labute approximate surface area is 127 Å². The molecule has 1 aromatic heterocycles. The molecular formula is C16H28N4O. The van der Waals surface area contributed by atoms with Gasteiger partial charge in [0.2, 0.25) is 0 Å². The van der Waals surface area contributed by atoms with Crippen molar-refractivity contribution in [3.63, 3.8) is 0 Å². The third kappa shape index (κ3) is 2.87. The van der Waals surface area contributed by atoms with Gasteiger partial charge in [-0.05, 0) is 44.1 Å². The molecule has 1 aliphatic heterocycles. The highest BCUT2D eigenvalue weighted by Crippen LogP contribution is 2.45. The van der Waals surface area contributed by atoms with Gasteiger partial charge in [-0.2, -0.15) is 5.10 Å². The Hall–Kier alpha value is -0.910. The van der Waals surface area contributed by atoms with Gasteiger partial charge in [-0.25, -0.2) is 0 Å². The van der Waals surface area contributed by atoms with Gasteiger partial charge >= 0.3 is 0 Å². The third-order valence-corrected chi connectivity index (χ3v) is 5.34. The summed E-state index contributed by atoms with van der Waals surface area (Å²) in [6.07, 6.45) is 8.19. The summed E-state index contributed by atoms with van der Waals surface area (Å²) in [5.41, 5.74) is 5.52. The number of hydrazine groups is 1. The lowest BCUT2D eigenvalue weighted by Crippen LogP contribution is -2.44. The van der Waals surface area contributed by atoms with E-state index >= 15 is 0 Å². The molecule has 2 unspecified atom stereocenters. The summed E-state index contributed by atoms with van der Waals surface area (Å²) in [6, 6.07) is 2.37. The summed E-state index contributed by atoms with van der Waals surface area (Å²) < 4.78 is 8.14. The summed E-state index contributed by atoms with van der Waals surface area (Å²) in [5, 5.41) is 4.57. The molecule has 1 saturated heterocycles. The quantitative estimate of drug-likeness (QED) is 0.660. The van der Waals surface area contributed by atoms with Crippen molar-refractivity contribution in [2.45, 2.75) is 63.5 Å². The predicted molar refractivity (Wildman–Crippen MR) is 82.5 cm³/mol. The smallest absolute Gasteiger partial charge is 0.0686 e. The van der Waals surface area contributed by atoms with E-state index in [2.05, 4.69) is 23.5 Å².